The van der Waals surface area contributed by atoms with Crippen molar-refractivity contribution in [1.82, 2.24) is 9.55 Å². The summed E-state index contributed by atoms with van der Waals surface area (Å²) in [6.07, 6.45) is 3.43. The molecule has 2 aromatic heterocycles. The monoisotopic (exact) mass is 299 g/mol. The van der Waals surface area contributed by atoms with Crippen LogP contribution in [0.15, 0.2) is 29.6 Å². The van der Waals surface area contributed by atoms with Crippen LogP contribution in [0.2, 0.25) is 0 Å². The second-order valence-corrected chi connectivity index (χ2v) is 6.51. The van der Waals surface area contributed by atoms with Gasteiger partial charge in [-0.05, 0) is 54.5 Å². The molecule has 1 atom stereocenters. The summed E-state index contributed by atoms with van der Waals surface area (Å²) in [6, 6.07) is 8.28. The van der Waals surface area contributed by atoms with E-state index >= 15 is 0 Å². The molecule has 0 saturated heterocycles. The lowest BCUT2D eigenvalue weighted by Crippen LogP contribution is -2.18. The molecule has 2 heterocycles. The van der Waals surface area contributed by atoms with Gasteiger partial charge in [0.15, 0.2) is 0 Å². The van der Waals surface area contributed by atoms with Crippen molar-refractivity contribution in [3.63, 3.8) is 0 Å². The number of imidazole rings is 1. The maximum atomic E-state index is 9.71. The third-order valence-corrected chi connectivity index (χ3v) is 5.26. The van der Waals surface area contributed by atoms with Crippen LogP contribution in [-0.4, -0.2) is 14.7 Å². The Bertz CT molecular complexity index is 805. The van der Waals surface area contributed by atoms with Crippen molar-refractivity contribution in [2.24, 2.45) is 0 Å². The predicted molar refractivity (Wildman–Crippen MR) is 85.5 cm³/mol. The van der Waals surface area contributed by atoms with Gasteiger partial charge in [0.25, 0.3) is 0 Å². The van der Waals surface area contributed by atoms with E-state index in [9.17, 15) is 5.11 Å². The van der Waals surface area contributed by atoms with Crippen LogP contribution in [0.25, 0.3) is 11.0 Å². The quantitative estimate of drug-likeness (QED) is 0.715. The molecular weight excluding hydrogens is 282 g/mol. The van der Waals surface area contributed by atoms with E-state index in [0.29, 0.717) is 5.69 Å². The molecule has 0 bridgehead atoms. The molecule has 0 aliphatic heterocycles. The van der Waals surface area contributed by atoms with E-state index in [1.807, 2.05) is 29.5 Å². The minimum atomic E-state index is -0.0510. The Balaban J connectivity index is 1.95. The van der Waals surface area contributed by atoms with Crippen molar-refractivity contribution in [2.75, 3.05) is 5.73 Å². The maximum Gasteiger partial charge on any atom is 0.136 e. The summed E-state index contributed by atoms with van der Waals surface area (Å²) in [6.45, 7) is -0.0510. The Morgan fingerprint density at radius 1 is 1.38 bits per heavy atom. The van der Waals surface area contributed by atoms with Gasteiger partial charge >= 0.3 is 0 Å². The zero-order valence-corrected chi connectivity index (χ0v) is 12.4. The molecule has 108 valence electrons. The molecule has 0 spiro atoms. The molecule has 3 aromatic rings. The number of nitrogens with zero attached hydrogens (tertiary/aromatic N) is 2. The Morgan fingerprint density at radius 3 is 3.14 bits per heavy atom. The first-order valence-corrected chi connectivity index (χ1v) is 8.09. The van der Waals surface area contributed by atoms with E-state index in [-0.39, 0.29) is 12.6 Å². The summed E-state index contributed by atoms with van der Waals surface area (Å²) in [7, 11) is 0. The number of hydrogen-bond acceptors (Lipinski definition) is 4. The molecule has 21 heavy (non-hydrogen) atoms. The van der Waals surface area contributed by atoms with E-state index in [1.54, 1.807) is 0 Å². The lowest BCUT2D eigenvalue weighted by Gasteiger charge is -2.26. The minimum absolute atomic E-state index is 0.0510. The van der Waals surface area contributed by atoms with Gasteiger partial charge in [-0.25, -0.2) is 4.98 Å². The van der Waals surface area contributed by atoms with Crippen LogP contribution in [0.1, 0.15) is 35.1 Å². The lowest BCUT2D eigenvalue weighted by molar-refractivity contribution is 0.262. The van der Waals surface area contributed by atoms with E-state index in [4.69, 9.17) is 5.73 Å². The molecular formula is C16H17N3OS. The molecule has 1 aliphatic rings. The van der Waals surface area contributed by atoms with Crippen LogP contribution in [0, 0.1) is 0 Å². The van der Waals surface area contributed by atoms with E-state index < -0.39 is 0 Å². The van der Waals surface area contributed by atoms with E-state index in [2.05, 4.69) is 21.0 Å². The number of aromatic nitrogens is 2. The number of rotatable bonds is 2. The predicted octanol–water partition coefficient (Wildman–Crippen LogP) is 3.10. The lowest BCUT2D eigenvalue weighted by atomic mass is 9.93. The van der Waals surface area contributed by atoms with E-state index in [1.165, 1.54) is 16.9 Å². The molecule has 1 aromatic carbocycles. The summed E-state index contributed by atoms with van der Waals surface area (Å²) >= 11 is 1.83. The third-order valence-electron chi connectivity index (χ3n) is 4.26. The van der Waals surface area contributed by atoms with Crippen LogP contribution >= 0.6 is 11.3 Å². The summed E-state index contributed by atoms with van der Waals surface area (Å²) in [5.41, 5.74) is 9.86. The maximum absolute atomic E-state index is 9.71. The molecule has 4 nitrogen and oxygen atoms in total. The van der Waals surface area contributed by atoms with Gasteiger partial charge in [0.2, 0.25) is 0 Å². The molecule has 3 N–H and O–H groups in total. The Hall–Kier alpha value is -1.85. The summed E-state index contributed by atoms with van der Waals surface area (Å²) in [5.74, 6) is 0.722. The fourth-order valence-electron chi connectivity index (χ4n) is 3.36. The first-order valence-electron chi connectivity index (χ1n) is 7.21. The van der Waals surface area contributed by atoms with Gasteiger partial charge in [-0.2, -0.15) is 0 Å². The molecule has 1 aliphatic carbocycles. The van der Waals surface area contributed by atoms with Crippen molar-refractivity contribution in [2.45, 2.75) is 31.9 Å². The number of anilines is 1. The van der Waals surface area contributed by atoms with Gasteiger partial charge in [0.1, 0.15) is 12.4 Å². The average Bonchev–Trinajstić information content (AvgIpc) is 3.09. The average molecular weight is 299 g/mol. The van der Waals surface area contributed by atoms with Gasteiger partial charge in [0, 0.05) is 10.6 Å². The smallest absolute Gasteiger partial charge is 0.136 e. The number of thiophene rings is 1. The van der Waals surface area contributed by atoms with Gasteiger partial charge in [-0.15, -0.1) is 11.3 Å². The summed E-state index contributed by atoms with van der Waals surface area (Å²) in [4.78, 5) is 6.03. The second kappa shape index (κ2) is 4.86. The number of hydrogen-bond donors (Lipinski definition) is 2. The van der Waals surface area contributed by atoms with Crippen LogP contribution in [-0.2, 0) is 13.0 Å². The Kier molecular flexibility index (Phi) is 2.97. The molecule has 0 radical (unpaired) electrons. The Labute approximate surface area is 126 Å². The molecule has 0 saturated carbocycles. The number of fused-ring (bicyclic) bond motifs is 2. The highest BCUT2D eigenvalue weighted by molar-refractivity contribution is 7.10. The topological polar surface area (TPSA) is 64.1 Å². The summed E-state index contributed by atoms with van der Waals surface area (Å²) in [5, 5.41) is 11.9. The van der Waals surface area contributed by atoms with Gasteiger partial charge < -0.3 is 15.4 Å². The van der Waals surface area contributed by atoms with Crippen molar-refractivity contribution in [3.8, 4) is 0 Å². The number of nitrogens with two attached hydrogens (primary N) is 1. The van der Waals surface area contributed by atoms with E-state index in [0.717, 1.165) is 29.7 Å². The molecule has 0 fully saturated rings. The summed E-state index contributed by atoms with van der Waals surface area (Å²) < 4.78 is 2.19. The second-order valence-electron chi connectivity index (χ2n) is 5.51. The van der Waals surface area contributed by atoms with Crippen molar-refractivity contribution in [1.29, 1.82) is 0 Å². The number of aliphatic hydroxyl groups excluding tert-OH is 1. The Morgan fingerprint density at radius 2 is 2.29 bits per heavy atom. The molecule has 4 rings (SSSR count). The molecule has 5 heteroatoms. The van der Waals surface area contributed by atoms with Crippen molar-refractivity contribution < 1.29 is 5.11 Å². The third kappa shape index (κ3) is 1.96. The van der Waals surface area contributed by atoms with Gasteiger partial charge in [-0.3, -0.25) is 0 Å². The SMILES string of the molecule is Nc1ccc2c(c1)nc(CO)n2C1CCCc2sccc21. The minimum Gasteiger partial charge on any atom is -0.399 e. The molecule has 1 unspecified atom stereocenters. The van der Waals surface area contributed by atoms with Gasteiger partial charge in [-0.1, -0.05) is 0 Å². The first kappa shape index (κ1) is 12.9. The van der Waals surface area contributed by atoms with Crippen molar-refractivity contribution >= 4 is 28.1 Å². The standard InChI is InChI=1S/C16H17N3OS/c17-10-4-5-14-12(8-10)18-16(9-20)19(14)13-2-1-3-15-11(13)6-7-21-15/h4-8,13,20H,1-3,9,17H2. The fraction of sp³-hybridized carbons (Fsp3) is 0.312. The van der Waals surface area contributed by atoms with Gasteiger partial charge in [0.05, 0.1) is 17.1 Å². The number of aliphatic hydroxyl groups is 1. The highest BCUT2D eigenvalue weighted by atomic mass is 32.1. The number of benzene rings is 1. The highest BCUT2D eigenvalue weighted by Gasteiger charge is 2.26. The van der Waals surface area contributed by atoms with Crippen LogP contribution in [0.3, 0.4) is 0 Å². The van der Waals surface area contributed by atoms with Crippen LogP contribution in [0.4, 0.5) is 5.69 Å². The van der Waals surface area contributed by atoms with Crippen molar-refractivity contribution in [3.05, 3.63) is 45.9 Å². The van der Waals surface area contributed by atoms with Crippen LogP contribution in [0.5, 0.6) is 0 Å². The highest BCUT2D eigenvalue weighted by Crippen LogP contribution is 2.38. The largest absolute Gasteiger partial charge is 0.399 e. The van der Waals surface area contributed by atoms with Crippen LogP contribution < -0.4 is 5.73 Å². The first-order chi connectivity index (χ1) is 10.3. The number of aryl methyl sites for hydroxylation is 1. The number of nitrogen functional groups attached to an aromatic ring is 1. The fourth-order valence-corrected chi connectivity index (χ4v) is 4.34. The zero-order chi connectivity index (χ0) is 14.4. The zero-order valence-electron chi connectivity index (χ0n) is 11.6. The molecule has 0 amide bonds. The normalized spacial score (nSPS) is 18.0.